The van der Waals surface area contributed by atoms with Crippen LogP contribution in [0, 0.1) is 0 Å². The zero-order chi connectivity index (χ0) is 13.8. The van der Waals surface area contributed by atoms with Gasteiger partial charge in [0.05, 0.1) is 18.1 Å². The second-order valence-corrected chi connectivity index (χ2v) is 4.44. The molecule has 1 heterocycles. The van der Waals surface area contributed by atoms with Gasteiger partial charge in [-0.05, 0) is 6.92 Å². The number of hydrogen-bond acceptors (Lipinski definition) is 3. The van der Waals surface area contributed by atoms with Crippen LogP contribution in [0.4, 0.5) is 13.2 Å². The summed E-state index contributed by atoms with van der Waals surface area (Å²) in [5, 5.41) is 0. The summed E-state index contributed by atoms with van der Waals surface area (Å²) in [5.41, 5.74) is 0. The van der Waals surface area contributed by atoms with Crippen LogP contribution < -0.4 is 0 Å². The Labute approximate surface area is 108 Å². The number of nitrogens with zero attached hydrogens (tertiary/aromatic N) is 1. The van der Waals surface area contributed by atoms with Gasteiger partial charge in [-0.1, -0.05) is 0 Å². The van der Waals surface area contributed by atoms with Gasteiger partial charge in [0.2, 0.25) is 5.91 Å². The van der Waals surface area contributed by atoms with Crippen molar-refractivity contribution >= 4 is 17.5 Å². The van der Waals surface area contributed by atoms with Crippen LogP contribution in [0.25, 0.3) is 0 Å². The normalized spacial score (nSPS) is 25.3. The fraction of sp³-hybridized carbons (Fsp3) is 0.900. The summed E-state index contributed by atoms with van der Waals surface area (Å²) in [6.07, 6.45) is -4.90. The van der Waals surface area contributed by atoms with E-state index in [9.17, 15) is 18.0 Å². The van der Waals surface area contributed by atoms with Crippen LogP contribution >= 0.6 is 11.6 Å². The molecular weight excluding hydrogens is 275 g/mol. The minimum absolute atomic E-state index is 0.186. The standard InChI is InChI=1S/C10H15ClF3NO3/c1-7-3-15(4-8(2-11)18-7)9(16)5-17-6-10(12,13)14/h7-8H,2-6H2,1H3. The predicted octanol–water partition coefficient (Wildman–Crippen LogP) is 1.42. The van der Waals surface area contributed by atoms with Crippen LogP contribution in [0.3, 0.4) is 0 Å². The van der Waals surface area contributed by atoms with Crippen molar-refractivity contribution < 1.29 is 27.4 Å². The maximum absolute atomic E-state index is 11.8. The molecule has 0 radical (unpaired) electrons. The number of ether oxygens (including phenoxy) is 2. The smallest absolute Gasteiger partial charge is 0.370 e. The molecule has 1 fully saturated rings. The molecule has 1 rings (SSSR count). The summed E-state index contributed by atoms with van der Waals surface area (Å²) in [4.78, 5) is 13.0. The highest BCUT2D eigenvalue weighted by Gasteiger charge is 2.30. The summed E-state index contributed by atoms with van der Waals surface area (Å²) >= 11 is 5.64. The Hall–Kier alpha value is -0.530. The molecule has 1 aliphatic heterocycles. The second kappa shape index (κ2) is 6.58. The van der Waals surface area contributed by atoms with Crippen LogP contribution in [0.5, 0.6) is 0 Å². The van der Waals surface area contributed by atoms with E-state index in [1.54, 1.807) is 6.92 Å². The molecule has 4 nitrogen and oxygen atoms in total. The first kappa shape index (κ1) is 15.5. The Bertz CT molecular complexity index is 288. The van der Waals surface area contributed by atoms with Crippen LogP contribution in [-0.4, -0.2) is 61.4 Å². The molecule has 0 aromatic heterocycles. The quantitative estimate of drug-likeness (QED) is 0.735. The van der Waals surface area contributed by atoms with Crippen molar-refractivity contribution in [2.45, 2.75) is 25.3 Å². The monoisotopic (exact) mass is 289 g/mol. The molecule has 1 saturated heterocycles. The van der Waals surface area contributed by atoms with Gasteiger partial charge in [0.15, 0.2) is 0 Å². The molecule has 0 bridgehead atoms. The predicted molar refractivity (Wildman–Crippen MR) is 58.5 cm³/mol. The number of carbonyl (C=O) groups is 1. The zero-order valence-electron chi connectivity index (χ0n) is 9.87. The van der Waals surface area contributed by atoms with Gasteiger partial charge in [0.25, 0.3) is 0 Å². The first-order valence-electron chi connectivity index (χ1n) is 5.45. The highest BCUT2D eigenvalue weighted by atomic mass is 35.5. The lowest BCUT2D eigenvalue weighted by Crippen LogP contribution is -2.50. The minimum Gasteiger partial charge on any atom is -0.370 e. The fourth-order valence-electron chi connectivity index (χ4n) is 1.68. The summed E-state index contributed by atoms with van der Waals surface area (Å²) < 4.78 is 45.3. The van der Waals surface area contributed by atoms with Gasteiger partial charge < -0.3 is 14.4 Å². The molecule has 0 saturated carbocycles. The molecule has 1 amide bonds. The molecule has 2 unspecified atom stereocenters. The summed E-state index contributed by atoms with van der Waals surface area (Å²) in [6, 6.07) is 0. The number of hydrogen-bond donors (Lipinski definition) is 0. The molecular formula is C10H15ClF3NO3. The molecule has 0 aliphatic carbocycles. The summed E-state index contributed by atoms with van der Waals surface area (Å²) in [6.45, 7) is 0.387. The molecule has 0 N–H and O–H groups in total. The van der Waals surface area contributed by atoms with Gasteiger partial charge in [-0.25, -0.2) is 0 Å². The van der Waals surface area contributed by atoms with Gasteiger partial charge >= 0.3 is 6.18 Å². The van der Waals surface area contributed by atoms with Crippen LogP contribution in [-0.2, 0) is 14.3 Å². The number of morpholine rings is 1. The lowest BCUT2D eigenvalue weighted by molar-refractivity contribution is -0.180. The van der Waals surface area contributed by atoms with Crippen molar-refractivity contribution in [2.75, 3.05) is 32.2 Å². The molecule has 0 aromatic carbocycles. The summed E-state index contributed by atoms with van der Waals surface area (Å²) in [7, 11) is 0. The van der Waals surface area contributed by atoms with E-state index in [1.165, 1.54) is 4.90 Å². The average molecular weight is 290 g/mol. The van der Waals surface area contributed by atoms with E-state index in [0.29, 0.717) is 6.54 Å². The molecule has 2 atom stereocenters. The fourth-order valence-corrected chi connectivity index (χ4v) is 1.85. The lowest BCUT2D eigenvalue weighted by Gasteiger charge is -2.36. The molecule has 8 heteroatoms. The van der Waals surface area contributed by atoms with Crippen LogP contribution in [0.1, 0.15) is 6.92 Å². The topological polar surface area (TPSA) is 38.8 Å². The third-order valence-corrected chi connectivity index (χ3v) is 2.69. The van der Waals surface area contributed by atoms with Crippen molar-refractivity contribution in [1.82, 2.24) is 4.90 Å². The van der Waals surface area contributed by atoms with E-state index >= 15 is 0 Å². The number of rotatable bonds is 4. The Morgan fingerprint density at radius 2 is 2.17 bits per heavy atom. The van der Waals surface area contributed by atoms with Gasteiger partial charge in [0.1, 0.15) is 13.2 Å². The highest BCUT2D eigenvalue weighted by Crippen LogP contribution is 2.15. The van der Waals surface area contributed by atoms with E-state index in [4.69, 9.17) is 16.3 Å². The number of halogens is 4. The average Bonchev–Trinajstić information content (AvgIpc) is 2.26. The Balaban J connectivity index is 2.36. The Kier molecular flexibility index (Phi) is 5.68. The zero-order valence-corrected chi connectivity index (χ0v) is 10.6. The maximum atomic E-state index is 11.8. The van der Waals surface area contributed by atoms with E-state index in [1.807, 2.05) is 0 Å². The molecule has 0 aromatic rings. The third kappa shape index (κ3) is 5.41. The van der Waals surface area contributed by atoms with Gasteiger partial charge in [-0.15, -0.1) is 11.6 Å². The lowest BCUT2D eigenvalue weighted by atomic mass is 10.2. The Morgan fingerprint density at radius 3 is 2.72 bits per heavy atom. The van der Waals surface area contributed by atoms with Crippen molar-refractivity contribution in [3.05, 3.63) is 0 Å². The first-order chi connectivity index (χ1) is 8.31. The molecule has 1 aliphatic rings. The van der Waals surface area contributed by atoms with E-state index in [0.717, 1.165) is 0 Å². The van der Waals surface area contributed by atoms with Crippen molar-refractivity contribution in [3.8, 4) is 0 Å². The summed E-state index contributed by atoms with van der Waals surface area (Å²) in [5.74, 6) is -0.248. The molecule has 0 spiro atoms. The van der Waals surface area contributed by atoms with E-state index in [2.05, 4.69) is 4.74 Å². The molecule has 106 valence electrons. The largest absolute Gasteiger partial charge is 0.411 e. The number of amides is 1. The SMILES string of the molecule is CC1CN(C(=O)COCC(F)(F)F)CC(CCl)O1. The maximum Gasteiger partial charge on any atom is 0.411 e. The van der Waals surface area contributed by atoms with Crippen LogP contribution in [0.2, 0.25) is 0 Å². The van der Waals surface area contributed by atoms with E-state index < -0.39 is 25.3 Å². The highest BCUT2D eigenvalue weighted by molar-refractivity contribution is 6.18. The first-order valence-corrected chi connectivity index (χ1v) is 5.99. The van der Waals surface area contributed by atoms with Gasteiger partial charge in [-0.2, -0.15) is 13.2 Å². The number of carbonyl (C=O) groups excluding carboxylic acids is 1. The molecule has 18 heavy (non-hydrogen) atoms. The van der Waals surface area contributed by atoms with Crippen molar-refractivity contribution in [1.29, 1.82) is 0 Å². The van der Waals surface area contributed by atoms with Crippen molar-refractivity contribution in [2.24, 2.45) is 0 Å². The Morgan fingerprint density at radius 1 is 1.50 bits per heavy atom. The van der Waals surface area contributed by atoms with Crippen LogP contribution in [0.15, 0.2) is 0 Å². The minimum atomic E-state index is -4.42. The van der Waals surface area contributed by atoms with Gasteiger partial charge in [-0.3, -0.25) is 4.79 Å². The number of alkyl halides is 4. The van der Waals surface area contributed by atoms with E-state index in [-0.39, 0.29) is 24.6 Å². The third-order valence-electron chi connectivity index (χ3n) is 2.34. The second-order valence-electron chi connectivity index (χ2n) is 4.13. The van der Waals surface area contributed by atoms with Crippen molar-refractivity contribution in [3.63, 3.8) is 0 Å². The van der Waals surface area contributed by atoms with Gasteiger partial charge in [0, 0.05) is 13.1 Å².